The lowest BCUT2D eigenvalue weighted by molar-refractivity contribution is 0.637. The standard InChI is InChI=1S/C10H16N2S/c1-3-8(2)7-13-9-4-5-10(11)12-6-9/h4-6,8H,3,7H2,1-2H3,(H2,11,12). The van der Waals surface area contributed by atoms with Crippen molar-refractivity contribution < 1.29 is 0 Å². The van der Waals surface area contributed by atoms with Gasteiger partial charge in [0.1, 0.15) is 5.82 Å². The molecular formula is C10H16N2S. The quantitative estimate of drug-likeness (QED) is 0.753. The fraction of sp³-hybridized carbons (Fsp3) is 0.500. The number of aromatic nitrogens is 1. The zero-order valence-corrected chi connectivity index (χ0v) is 8.97. The third-order valence-electron chi connectivity index (χ3n) is 1.99. The molecule has 1 heterocycles. The fourth-order valence-electron chi connectivity index (χ4n) is 0.833. The Bertz CT molecular complexity index is 246. The van der Waals surface area contributed by atoms with Gasteiger partial charge >= 0.3 is 0 Å². The Hall–Kier alpha value is -0.700. The van der Waals surface area contributed by atoms with Crippen LogP contribution in [0.25, 0.3) is 0 Å². The highest BCUT2D eigenvalue weighted by atomic mass is 32.2. The van der Waals surface area contributed by atoms with Crippen molar-refractivity contribution in [1.82, 2.24) is 4.98 Å². The lowest BCUT2D eigenvalue weighted by Crippen LogP contribution is -1.95. The summed E-state index contributed by atoms with van der Waals surface area (Å²) < 4.78 is 0. The van der Waals surface area contributed by atoms with Crippen LogP contribution in [0.5, 0.6) is 0 Å². The molecule has 0 aliphatic carbocycles. The Labute approximate surface area is 83.9 Å². The van der Waals surface area contributed by atoms with Crippen molar-refractivity contribution in [2.75, 3.05) is 11.5 Å². The predicted molar refractivity (Wildman–Crippen MR) is 58.8 cm³/mol. The molecule has 1 rings (SSSR count). The maximum Gasteiger partial charge on any atom is 0.123 e. The minimum absolute atomic E-state index is 0.591. The summed E-state index contributed by atoms with van der Waals surface area (Å²) in [5, 5.41) is 0. The van der Waals surface area contributed by atoms with Crippen molar-refractivity contribution in [3.63, 3.8) is 0 Å². The molecule has 0 bridgehead atoms. The number of nitrogen functional groups attached to an aromatic ring is 1. The Morgan fingerprint density at radius 1 is 1.54 bits per heavy atom. The summed E-state index contributed by atoms with van der Waals surface area (Å²) >= 11 is 1.84. The predicted octanol–water partition coefficient (Wildman–Crippen LogP) is 2.80. The first kappa shape index (κ1) is 10.4. The molecule has 2 N–H and O–H groups in total. The molecule has 1 atom stereocenters. The van der Waals surface area contributed by atoms with E-state index in [2.05, 4.69) is 18.8 Å². The number of rotatable bonds is 4. The van der Waals surface area contributed by atoms with Gasteiger partial charge in [-0.3, -0.25) is 0 Å². The van der Waals surface area contributed by atoms with Crippen LogP contribution in [0.3, 0.4) is 0 Å². The number of pyridine rings is 1. The first-order valence-electron chi connectivity index (χ1n) is 4.56. The summed E-state index contributed by atoms with van der Waals surface area (Å²) in [6, 6.07) is 3.87. The van der Waals surface area contributed by atoms with Gasteiger partial charge in [-0.05, 0) is 18.1 Å². The normalized spacial score (nSPS) is 12.8. The minimum Gasteiger partial charge on any atom is -0.384 e. The van der Waals surface area contributed by atoms with Gasteiger partial charge in [-0.15, -0.1) is 11.8 Å². The maximum atomic E-state index is 5.49. The number of anilines is 1. The van der Waals surface area contributed by atoms with E-state index in [0.717, 1.165) is 11.7 Å². The zero-order valence-electron chi connectivity index (χ0n) is 8.16. The lowest BCUT2D eigenvalue weighted by atomic mass is 10.2. The number of thioether (sulfide) groups is 1. The van der Waals surface area contributed by atoms with Crippen LogP contribution < -0.4 is 5.73 Å². The van der Waals surface area contributed by atoms with E-state index in [1.807, 2.05) is 30.1 Å². The van der Waals surface area contributed by atoms with Gasteiger partial charge in [-0.25, -0.2) is 4.98 Å². The van der Waals surface area contributed by atoms with Crippen LogP contribution in [0.2, 0.25) is 0 Å². The van der Waals surface area contributed by atoms with Gasteiger partial charge in [-0.2, -0.15) is 0 Å². The Balaban J connectivity index is 2.41. The van der Waals surface area contributed by atoms with Crippen molar-refractivity contribution in [2.45, 2.75) is 25.2 Å². The first-order chi connectivity index (χ1) is 6.22. The molecule has 72 valence electrons. The molecule has 0 aliphatic rings. The van der Waals surface area contributed by atoms with Crippen LogP contribution in [0.1, 0.15) is 20.3 Å². The summed E-state index contributed by atoms with van der Waals surface area (Å²) in [4.78, 5) is 5.24. The zero-order chi connectivity index (χ0) is 9.68. The summed E-state index contributed by atoms with van der Waals surface area (Å²) in [6.45, 7) is 4.48. The Morgan fingerprint density at radius 2 is 2.31 bits per heavy atom. The molecule has 0 spiro atoms. The smallest absolute Gasteiger partial charge is 0.123 e. The van der Waals surface area contributed by atoms with Crippen LogP contribution in [0.4, 0.5) is 5.82 Å². The summed E-state index contributed by atoms with van der Waals surface area (Å²) in [5.41, 5.74) is 5.49. The molecule has 0 aromatic carbocycles. The molecular weight excluding hydrogens is 180 g/mol. The highest BCUT2D eigenvalue weighted by Gasteiger charge is 2.00. The van der Waals surface area contributed by atoms with Crippen molar-refractivity contribution in [1.29, 1.82) is 0 Å². The molecule has 0 radical (unpaired) electrons. The van der Waals surface area contributed by atoms with Crippen LogP contribution >= 0.6 is 11.8 Å². The molecule has 0 aliphatic heterocycles. The number of nitrogens with two attached hydrogens (primary N) is 1. The van der Waals surface area contributed by atoms with E-state index in [1.165, 1.54) is 11.3 Å². The molecule has 1 aromatic heterocycles. The SMILES string of the molecule is CCC(C)CSc1ccc(N)nc1. The van der Waals surface area contributed by atoms with E-state index in [0.29, 0.717) is 5.82 Å². The number of nitrogens with zero attached hydrogens (tertiary/aromatic N) is 1. The molecule has 0 fully saturated rings. The molecule has 0 saturated heterocycles. The second-order valence-corrected chi connectivity index (χ2v) is 4.34. The second kappa shape index (κ2) is 5.12. The number of hydrogen-bond acceptors (Lipinski definition) is 3. The van der Waals surface area contributed by atoms with Gasteiger partial charge in [0.2, 0.25) is 0 Å². The van der Waals surface area contributed by atoms with Crippen molar-refractivity contribution >= 4 is 17.6 Å². The third-order valence-corrected chi connectivity index (χ3v) is 3.30. The highest BCUT2D eigenvalue weighted by molar-refractivity contribution is 7.99. The van der Waals surface area contributed by atoms with E-state index in [4.69, 9.17) is 5.73 Å². The van der Waals surface area contributed by atoms with Crippen molar-refractivity contribution in [2.24, 2.45) is 5.92 Å². The molecule has 1 unspecified atom stereocenters. The molecule has 2 nitrogen and oxygen atoms in total. The van der Waals surface area contributed by atoms with Gasteiger partial charge in [0, 0.05) is 16.8 Å². The highest BCUT2D eigenvalue weighted by Crippen LogP contribution is 2.21. The lowest BCUT2D eigenvalue weighted by Gasteiger charge is -2.06. The molecule has 13 heavy (non-hydrogen) atoms. The molecule has 1 aromatic rings. The van der Waals surface area contributed by atoms with Gasteiger partial charge in [0.15, 0.2) is 0 Å². The Kier molecular flexibility index (Phi) is 4.09. The molecule has 0 amide bonds. The maximum absolute atomic E-state index is 5.49. The minimum atomic E-state index is 0.591. The molecule has 0 saturated carbocycles. The van der Waals surface area contributed by atoms with E-state index in [9.17, 15) is 0 Å². The summed E-state index contributed by atoms with van der Waals surface area (Å²) in [7, 11) is 0. The van der Waals surface area contributed by atoms with Gasteiger partial charge in [-0.1, -0.05) is 20.3 Å². The van der Waals surface area contributed by atoms with Crippen LogP contribution in [0, 0.1) is 5.92 Å². The first-order valence-corrected chi connectivity index (χ1v) is 5.55. The van der Waals surface area contributed by atoms with Crippen molar-refractivity contribution in [3.8, 4) is 0 Å². The second-order valence-electron chi connectivity index (χ2n) is 3.24. The third kappa shape index (κ3) is 3.68. The Morgan fingerprint density at radius 3 is 2.85 bits per heavy atom. The summed E-state index contributed by atoms with van der Waals surface area (Å²) in [5.74, 6) is 2.51. The number of hydrogen-bond donors (Lipinski definition) is 1. The van der Waals surface area contributed by atoms with E-state index in [1.54, 1.807) is 0 Å². The largest absolute Gasteiger partial charge is 0.384 e. The van der Waals surface area contributed by atoms with Gasteiger partial charge in [0.05, 0.1) is 0 Å². The van der Waals surface area contributed by atoms with Gasteiger partial charge < -0.3 is 5.73 Å². The van der Waals surface area contributed by atoms with E-state index < -0.39 is 0 Å². The van der Waals surface area contributed by atoms with Crippen LogP contribution in [0.15, 0.2) is 23.2 Å². The van der Waals surface area contributed by atoms with Crippen LogP contribution in [-0.4, -0.2) is 10.7 Å². The average molecular weight is 196 g/mol. The summed E-state index contributed by atoms with van der Waals surface area (Å²) in [6.07, 6.45) is 3.07. The van der Waals surface area contributed by atoms with E-state index in [-0.39, 0.29) is 0 Å². The van der Waals surface area contributed by atoms with Crippen LogP contribution in [-0.2, 0) is 0 Å². The topological polar surface area (TPSA) is 38.9 Å². The average Bonchev–Trinajstić information content (AvgIpc) is 2.16. The molecule has 3 heteroatoms. The monoisotopic (exact) mass is 196 g/mol. The fourth-order valence-corrected chi connectivity index (χ4v) is 1.84. The van der Waals surface area contributed by atoms with Crippen molar-refractivity contribution in [3.05, 3.63) is 18.3 Å². The van der Waals surface area contributed by atoms with Gasteiger partial charge in [0.25, 0.3) is 0 Å². The van der Waals surface area contributed by atoms with E-state index >= 15 is 0 Å².